The van der Waals surface area contributed by atoms with Gasteiger partial charge in [-0.1, -0.05) is 12.8 Å². The second-order valence-electron chi connectivity index (χ2n) is 6.36. The second kappa shape index (κ2) is 6.87. The van der Waals surface area contributed by atoms with E-state index in [1.54, 1.807) is 13.8 Å². The zero-order chi connectivity index (χ0) is 15.4. The number of nitrogens with two attached hydrogens (primary N) is 1. The molecule has 1 fully saturated rings. The van der Waals surface area contributed by atoms with Gasteiger partial charge in [0, 0.05) is 18.0 Å². The maximum Gasteiger partial charge on any atom is 0.223 e. The first kappa shape index (κ1) is 17.4. The van der Waals surface area contributed by atoms with Gasteiger partial charge in [-0.2, -0.15) is 0 Å². The Morgan fingerprint density at radius 2 is 1.90 bits per heavy atom. The molecule has 0 aromatic heterocycles. The Labute approximate surface area is 121 Å². The average Bonchev–Trinajstić information content (AvgIpc) is 2.33. The summed E-state index contributed by atoms with van der Waals surface area (Å²) >= 11 is 0. The zero-order valence-electron chi connectivity index (χ0n) is 12.6. The van der Waals surface area contributed by atoms with Crippen LogP contribution in [-0.4, -0.2) is 39.2 Å². The number of hydrogen-bond donors (Lipinski definition) is 3. The van der Waals surface area contributed by atoms with Crippen molar-refractivity contribution >= 4 is 15.9 Å². The van der Waals surface area contributed by atoms with E-state index in [-0.39, 0.29) is 24.3 Å². The van der Waals surface area contributed by atoms with Crippen molar-refractivity contribution in [1.82, 2.24) is 10.0 Å². The average molecular weight is 305 g/mol. The smallest absolute Gasteiger partial charge is 0.223 e. The van der Waals surface area contributed by atoms with Gasteiger partial charge in [0.15, 0.2) is 0 Å². The van der Waals surface area contributed by atoms with Gasteiger partial charge in [-0.15, -0.1) is 0 Å². The fourth-order valence-electron chi connectivity index (χ4n) is 2.81. The van der Waals surface area contributed by atoms with Crippen LogP contribution in [0.1, 0.15) is 39.5 Å². The van der Waals surface area contributed by atoms with E-state index in [1.165, 1.54) is 0 Å². The van der Waals surface area contributed by atoms with E-state index in [9.17, 15) is 13.2 Å². The van der Waals surface area contributed by atoms with Crippen molar-refractivity contribution in [3.63, 3.8) is 0 Å². The van der Waals surface area contributed by atoms with Crippen molar-refractivity contribution in [3.05, 3.63) is 0 Å². The van der Waals surface area contributed by atoms with E-state index in [4.69, 9.17) is 5.73 Å². The molecule has 7 heteroatoms. The zero-order valence-corrected chi connectivity index (χ0v) is 13.4. The molecule has 0 aliphatic heterocycles. The number of hydrogen-bond acceptors (Lipinski definition) is 4. The van der Waals surface area contributed by atoms with Gasteiger partial charge in [0.25, 0.3) is 0 Å². The maximum atomic E-state index is 12.2. The first-order chi connectivity index (χ1) is 9.14. The van der Waals surface area contributed by atoms with Crippen LogP contribution in [0.5, 0.6) is 0 Å². The molecular formula is C13H27N3O3S. The minimum Gasteiger partial charge on any atom is -0.354 e. The summed E-state index contributed by atoms with van der Waals surface area (Å²) in [5.74, 6) is 0.195. The molecule has 0 bridgehead atoms. The Balaban J connectivity index is 2.53. The number of rotatable bonds is 6. The van der Waals surface area contributed by atoms with Gasteiger partial charge >= 0.3 is 0 Å². The molecule has 118 valence electrons. The van der Waals surface area contributed by atoms with Crippen LogP contribution >= 0.6 is 0 Å². The molecule has 1 rings (SSSR count). The highest BCUT2D eigenvalue weighted by Crippen LogP contribution is 2.29. The third-order valence-electron chi connectivity index (χ3n) is 3.71. The lowest BCUT2D eigenvalue weighted by Crippen LogP contribution is -2.52. The standard InChI is InChI=1S/C13H27N3O3S/c1-13(2,16-20(3,18)19)9-15-12(17)11-7-5-4-6-10(11)8-14/h10-11,16H,4-9,14H2,1-3H3,(H,15,17). The summed E-state index contributed by atoms with van der Waals surface area (Å²) in [5.41, 5.74) is 5.03. The Kier molecular flexibility index (Phi) is 5.97. The van der Waals surface area contributed by atoms with Crippen LogP contribution < -0.4 is 15.8 Å². The fourth-order valence-corrected chi connectivity index (χ4v) is 3.89. The van der Waals surface area contributed by atoms with Gasteiger partial charge in [-0.3, -0.25) is 4.79 Å². The van der Waals surface area contributed by atoms with Gasteiger partial charge in [0.05, 0.1) is 6.26 Å². The van der Waals surface area contributed by atoms with E-state index < -0.39 is 15.6 Å². The molecule has 20 heavy (non-hydrogen) atoms. The SMILES string of the molecule is CC(C)(CNC(=O)C1CCCCC1CN)NS(C)(=O)=O. The van der Waals surface area contributed by atoms with E-state index >= 15 is 0 Å². The molecule has 4 N–H and O–H groups in total. The van der Waals surface area contributed by atoms with Crippen LogP contribution in [0.4, 0.5) is 0 Å². The summed E-state index contributed by atoms with van der Waals surface area (Å²) < 4.78 is 25.0. The summed E-state index contributed by atoms with van der Waals surface area (Å²) in [6, 6.07) is 0. The summed E-state index contributed by atoms with van der Waals surface area (Å²) in [6.45, 7) is 4.29. The molecule has 0 saturated heterocycles. The van der Waals surface area contributed by atoms with Crippen molar-refractivity contribution in [2.75, 3.05) is 19.3 Å². The Hall–Kier alpha value is -0.660. The van der Waals surface area contributed by atoms with Crippen molar-refractivity contribution in [3.8, 4) is 0 Å². The van der Waals surface area contributed by atoms with Crippen molar-refractivity contribution < 1.29 is 13.2 Å². The topological polar surface area (TPSA) is 101 Å². The largest absolute Gasteiger partial charge is 0.354 e. The minimum absolute atomic E-state index is 0.0106. The summed E-state index contributed by atoms with van der Waals surface area (Å²) in [5, 5.41) is 2.86. The highest BCUT2D eigenvalue weighted by molar-refractivity contribution is 7.88. The third kappa shape index (κ3) is 5.76. The minimum atomic E-state index is -3.29. The molecule has 0 spiro atoms. The van der Waals surface area contributed by atoms with Crippen molar-refractivity contribution in [1.29, 1.82) is 0 Å². The highest BCUT2D eigenvalue weighted by atomic mass is 32.2. The molecule has 0 aromatic carbocycles. The molecule has 2 atom stereocenters. The third-order valence-corrected chi connectivity index (χ3v) is 4.64. The predicted octanol–water partition coefficient (Wildman–Crippen LogP) is 0.196. The van der Waals surface area contributed by atoms with Crippen molar-refractivity contribution in [2.45, 2.75) is 45.1 Å². The molecule has 1 amide bonds. The van der Waals surface area contributed by atoms with Crippen LogP contribution in [-0.2, 0) is 14.8 Å². The number of carbonyl (C=O) groups excluding carboxylic acids is 1. The molecular weight excluding hydrogens is 278 g/mol. The molecule has 0 radical (unpaired) electrons. The summed E-state index contributed by atoms with van der Waals surface area (Å²) in [7, 11) is -3.29. The van der Waals surface area contributed by atoms with Crippen LogP contribution in [0.25, 0.3) is 0 Å². The predicted molar refractivity (Wildman–Crippen MR) is 79.6 cm³/mol. The van der Waals surface area contributed by atoms with Crippen LogP contribution in [0.15, 0.2) is 0 Å². The van der Waals surface area contributed by atoms with Gasteiger partial charge < -0.3 is 11.1 Å². The summed E-state index contributed by atoms with van der Waals surface area (Å²) in [4.78, 5) is 12.2. The summed E-state index contributed by atoms with van der Waals surface area (Å²) in [6.07, 6.45) is 5.17. The number of carbonyl (C=O) groups is 1. The monoisotopic (exact) mass is 305 g/mol. The van der Waals surface area contributed by atoms with Crippen LogP contribution in [0.2, 0.25) is 0 Å². The molecule has 1 aliphatic carbocycles. The number of amides is 1. The quantitative estimate of drug-likeness (QED) is 0.652. The highest BCUT2D eigenvalue weighted by Gasteiger charge is 2.31. The Morgan fingerprint density at radius 1 is 1.30 bits per heavy atom. The number of sulfonamides is 1. The van der Waals surface area contributed by atoms with Crippen LogP contribution in [0, 0.1) is 11.8 Å². The van der Waals surface area contributed by atoms with Crippen molar-refractivity contribution in [2.24, 2.45) is 17.6 Å². The molecule has 2 unspecified atom stereocenters. The molecule has 0 aromatic rings. The number of nitrogens with one attached hydrogen (secondary N) is 2. The van der Waals surface area contributed by atoms with Gasteiger partial charge in [-0.05, 0) is 39.2 Å². The second-order valence-corrected chi connectivity index (χ2v) is 8.11. The van der Waals surface area contributed by atoms with E-state index in [1.807, 2.05) is 0 Å². The van der Waals surface area contributed by atoms with Gasteiger partial charge in [0.2, 0.25) is 15.9 Å². The lowest BCUT2D eigenvalue weighted by atomic mass is 9.78. The Morgan fingerprint density at radius 3 is 2.45 bits per heavy atom. The molecule has 0 heterocycles. The van der Waals surface area contributed by atoms with E-state index in [0.29, 0.717) is 6.54 Å². The first-order valence-electron chi connectivity index (χ1n) is 7.11. The van der Waals surface area contributed by atoms with Gasteiger partial charge in [-0.25, -0.2) is 13.1 Å². The maximum absolute atomic E-state index is 12.2. The van der Waals surface area contributed by atoms with Crippen LogP contribution in [0.3, 0.4) is 0 Å². The van der Waals surface area contributed by atoms with Gasteiger partial charge in [0.1, 0.15) is 0 Å². The lowest BCUT2D eigenvalue weighted by Gasteiger charge is -2.31. The molecule has 1 saturated carbocycles. The Bertz CT molecular complexity index is 434. The fraction of sp³-hybridized carbons (Fsp3) is 0.923. The van der Waals surface area contributed by atoms with E-state index in [2.05, 4.69) is 10.0 Å². The lowest BCUT2D eigenvalue weighted by molar-refractivity contribution is -0.127. The van der Waals surface area contributed by atoms with E-state index in [0.717, 1.165) is 31.9 Å². The molecule has 1 aliphatic rings. The molecule has 6 nitrogen and oxygen atoms in total. The normalized spacial score (nSPS) is 24.4. The first-order valence-corrected chi connectivity index (χ1v) is 9.00.